The lowest BCUT2D eigenvalue weighted by Gasteiger charge is -2.50. The van der Waals surface area contributed by atoms with Gasteiger partial charge in [-0.25, -0.2) is 4.79 Å². The van der Waals surface area contributed by atoms with Crippen molar-refractivity contribution in [3.8, 4) is 0 Å². The molecule has 0 aromatic carbocycles. The number of nitrogens with zero attached hydrogens (tertiary/aromatic N) is 1. The average Bonchev–Trinajstić information content (AvgIpc) is 2.24. The summed E-state index contributed by atoms with van der Waals surface area (Å²) in [4.78, 5) is 14.0. The maximum atomic E-state index is 12.1. The molecule has 2 fully saturated rings. The Hall–Kier alpha value is -0.0400. The first-order valence-electron chi connectivity index (χ1n) is 6.55. The van der Waals surface area contributed by atoms with E-state index in [0.717, 1.165) is 17.3 Å². The molecular weight excluding hydrogens is 345 g/mol. The number of rotatable bonds is 1. The Balaban J connectivity index is 2.01. The van der Waals surface area contributed by atoms with Crippen LogP contribution in [0.25, 0.3) is 0 Å². The molecule has 1 amide bonds. The van der Waals surface area contributed by atoms with E-state index in [4.69, 9.17) is 9.47 Å². The van der Waals surface area contributed by atoms with Crippen LogP contribution in [-0.4, -0.2) is 45.8 Å². The number of carbonyl (C=O) groups excluding carboxylic acids is 1. The summed E-state index contributed by atoms with van der Waals surface area (Å²) in [6.07, 6.45) is 3.29. The van der Waals surface area contributed by atoms with Gasteiger partial charge in [-0.05, 0) is 40.0 Å². The van der Waals surface area contributed by atoms with Crippen LogP contribution in [-0.2, 0) is 9.47 Å². The average molecular weight is 367 g/mol. The second-order valence-corrected chi connectivity index (χ2v) is 7.17. The number of ether oxygens (including phenoxy) is 2. The van der Waals surface area contributed by atoms with Crippen molar-refractivity contribution < 1.29 is 14.3 Å². The Bertz CT molecular complexity index is 323. The van der Waals surface area contributed by atoms with Gasteiger partial charge in [-0.3, -0.25) is 0 Å². The third-order valence-electron chi connectivity index (χ3n) is 3.41. The van der Waals surface area contributed by atoms with E-state index in [9.17, 15) is 4.79 Å². The maximum absolute atomic E-state index is 12.1. The lowest BCUT2D eigenvalue weighted by molar-refractivity contribution is -0.178. The molecule has 1 aliphatic heterocycles. The summed E-state index contributed by atoms with van der Waals surface area (Å²) in [6.45, 7) is 7.05. The van der Waals surface area contributed by atoms with Crippen molar-refractivity contribution in [2.24, 2.45) is 0 Å². The Morgan fingerprint density at radius 1 is 1.50 bits per heavy atom. The summed E-state index contributed by atoms with van der Waals surface area (Å²) in [6, 6.07) is 0. The van der Waals surface area contributed by atoms with Crippen molar-refractivity contribution in [1.82, 2.24) is 4.90 Å². The summed E-state index contributed by atoms with van der Waals surface area (Å²) >= 11 is 2.32. The predicted octanol–water partition coefficient (Wildman–Crippen LogP) is 2.98. The Morgan fingerprint density at radius 3 is 2.61 bits per heavy atom. The van der Waals surface area contributed by atoms with Gasteiger partial charge in [0.05, 0.1) is 24.8 Å². The van der Waals surface area contributed by atoms with Gasteiger partial charge in [0.1, 0.15) is 5.60 Å². The normalized spacial score (nSPS) is 26.9. The summed E-state index contributed by atoms with van der Waals surface area (Å²) in [5.41, 5.74) is -0.507. The summed E-state index contributed by atoms with van der Waals surface area (Å²) in [5.74, 6) is 0. The van der Waals surface area contributed by atoms with Gasteiger partial charge in [-0.15, -0.1) is 0 Å². The van der Waals surface area contributed by atoms with E-state index in [1.807, 2.05) is 25.7 Å². The predicted molar refractivity (Wildman–Crippen MR) is 78.1 cm³/mol. The van der Waals surface area contributed by atoms with E-state index >= 15 is 0 Å². The minimum atomic E-state index is -0.429. The topological polar surface area (TPSA) is 38.8 Å². The number of carbonyl (C=O) groups is 1. The molecule has 18 heavy (non-hydrogen) atoms. The Labute approximate surface area is 123 Å². The Morgan fingerprint density at radius 2 is 2.17 bits per heavy atom. The summed E-state index contributed by atoms with van der Waals surface area (Å²) in [5, 5.41) is 0. The van der Waals surface area contributed by atoms with E-state index in [2.05, 4.69) is 22.6 Å². The molecule has 1 saturated carbocycles. The van der Waals surface area contributed by atoms with Gasteiger partial charge in [-0.1, -0.05) is 22.6 Å². The third-order valence-corrected chi connectivity index (χ3v) is 4.39. The fourth-order valence-electron chi connectivity index (χ4n) is 2.48. The fraction of sp³-hybridized carbons (Fsp3) is 0.923. The van der Waals surface area contributed by atoms with Crippen molar-refractivity contribution in [1.29, 1.82) is 0 Å². The van der Waals surface area contributed by atoms with E-state index in [1.165, 1.54) is 6.42 Å². The standard InChI is InChI=1S/C13H22INO3/c1-12(2,3)18-11(16)15-8-10(7-14)17-13(9-15)5-4-6-13/h10H,4-9H2,1-3H3. The lowest BCUT2D eigenvalue weighted by atomic mass is 9.78. The number of hydrogen-bond donors (Lipinski definition) is 0. The molecule has 2 aliphatic rings. The molecule has 0 N–H and O–H groups in total. The van der Waals surface area contributed by atoms with Crippen LogP contribution in [0.5, 0.6) is 0 Å². The molecule has 4 nitrogen and oxygen atoms in total. The number of alkyl halides is 1. The van der Waals surface area contributed by atoms with E-state index < -0.39 is 5.60 Å². The first-order chi connectivity index (χ1) is 8.34. The highest BCUT2D eigenvalue weighted by atomic mass is 127. The molecule has 0 bridgehead atoms. The molecule has 2 rings (SSSR count). The van der Waals surface area contributed by atoms with Gasteiger partial charge in [-0.2, -0.15) is 0 Å². The lowest BCUT2D eigenvalue weighted by Crippen LogP contribution is -2.61. The molecule has 1 atom stereocenters. The fourth-order valence-corrected chi connectivity index (χ4v) is 2.94. The highest BCUT2D eigenvalue weighted by molar-refractivity contribution is 14.1. The minimum Gasteiger partial charge on any atom is -0.444 e. The highest BCUT2D eigenvalue weighted by Gasteiger charge is 2.46. The molecule has 1 unspecified atom stereocenters. The summed E-state index contributed by atoms with van der Waals surface area (Å²) < 4.78 is 12.5. The van der Waals surface area contributed by atoms with Gasteiger partial charge >= 0.3 is 6.09 Å². The van der Waals surface area contributed by atoms with Crippen molar-refractivity contribution in [2.75, 3.05) is 17.5 Å². The molecule has 5 heteroatoms. The monoisotopic (exact) mass is 367 g/mol. The van der Waals surface area contributed by atoms with Crippen LogP contribution in [0.3, 0.4) is 0 Å². The number of amides is 1. The van der Waals surface area contributed by atoms with E-state index in [0.29, 0.717) is 13.1 Å². The van der Waals surface area contributed by atoms with Crippen molar-refractivity contribution >= 4 is 28.7 Å². The number of hydrogen-bond acceptors (Lipinski definition) is 3. The molecule has 104 valence electrons. The smallest absolute Gasteiger partial charge is 0.410 e. The van der Waals surface area contributed by atoms with Crippen LogP contribution in [0.4, 0.5) is 4.79 Å². The zero-order chi connectivity index (χ0) is 13.4. The van der Waals surface area contributed by atoms with Gasteiger partial charge in [0.25, 0.3) is 0 Å². The quantitative estimate of drug-likeness (QED) is 0.528. The molecule has 1 spiro atoms. The van der Waals surface area contributed by atoms with Crippen molar-refractivity contribution in [2.45, 2.75) is 57.3 Å². The van der Waals surface area contributed by atoms with Crippen LogP contribution in [0, 0.1) is 0 Å². The van der Waals surface area contributed by atoms with Crippen LogP contribution in [0.15, 0.2) is 0 Å². The molecule has 0 aromatic heterocycles. The molecule has 0 aromatic rings. The van der Waals surface area contributed by atoms with Crippen molar-refractivity contribution in [3.05, 3.63) is 0 Å². The van der Waals surface area contributed by atoms with Crippen LogP contribution in [0.2, 0.25) is 0 Å². The molecule has 1 aliphatic carbocycles. The molecular formula is C13H22INO3. The molecule has 1 saturated heterocycles. The summed E-state index contributed by atoms with van der Waals surface area (Å²) in [7, 11) is 0. The Kier molecular flexibility index (Phi) is 4.11. The zero-order valence-corrected chi connectivity index (χ0v) is 13.5. The van der Waals surface area contributed by atoms with Gasteiger partial charge < -0.3 is 14.4 Å². The van der Waals surface area contributed by atoms with Gasteiger partial charge in [0.2, 0.25) is 0 Å². The minimum absolute atomic E-state index is 0.0784. The molecule has 0 radical (unpaired) electrons. The van der Waals surface area contributed by atoms with E-state index in [1.54, 1.807) is 0 Å². The first kappa shape index (κ1) is 14.4. The molecule has 1 heterocycles. The van der Waals surface area contributed by atoms with Crippen LogP contribution < -0.4 is 0 Å². The van der Waals surface area contributed by atoms with Gasteiger partial charge in [0, 0.05) is 4.43 Å². The SMILES string of the molecule is CC(C)(C)OC(=O)N1CC(CI)OC2(CCC2)C1. The largest absolute Gasteiger partial charge is 0.444 e. The first-order valence-corrected chi connectivity index (χ1v) is 8.08. The zero-order valence-electron chi connectivity index (χ0n) is 11.4. The van der Waals surface area contributed by atoms with Gasteiger partial charge in [0.15, 0.2) is 0 Å². The van der Waals surface area contributed by atoms with Crippen LogP contribution >= 0.6 is 22.6 Å². The van der Waals surface area contributed by atoms with E-state index in [-0.39, 0.29) is 17.8 Å². The number of morpholine rings is 1. The second kappa shape index (κ2) is 5.15. The van der Waals surface area contributed by atoms with Crippen molar-refractivity contribution in [3.63, 3.8) is 0 Å². The maximum Gasteiger partial charge on any atom is 0.410 e. The third kappa shape index (κ3) is 3.29. The highest BCUT2D eigenvalue weighted by Crippen LogP contribution is 2.40. The second-order valence-electron chi connectivity index (χ2n) is 6.29. The van der Waals surface area contributed by atoms with Crippen LogP contribution in [0.1, 0.15) is 40.0 Å². The number of halogens is 1.